The molecule has 3 rings (SSSR count). The zero-order valence-corrected chi connectivity index (χ0v) is 13.4. The molecule has 4 heteroatoms. The Labute approximate surface area is 131 Å². The summed E-state index contributed by atoms with van der Waals surface area (Å²) >= 11 is 3.34. The van der Waals surface area contributed by atoms with Gasteiger partial charge in [0.05, 0.1) is 0 Å². The van der Waals surface area contributed by atoms with Gasteiger partial charge in [-0.1, -0.05) is 39.7 Å². The van der Waals surface area contributed by atoms with Crippen LogP contribution in [-0.2, 0) is 16.9 Å². The van der Waals surface area contributed by atoms with Gasteiger partial charge in [-0.05, 0) is 43.2 Å². The third-order valence-electron chi connectivity index (χ3n) is 3.95. The third kappa shape index (κ3) is 2.38. The van der Waals surface area contributed by atoms with Crippen LogP contribution in [0.1, 0.15) is 22.3 Å². The van der Waals surface area contributed by atoms with Crippen LogP contribution in [0.25, 0.3) is 0 Å². The number of rotatable bonds is 2. The van der Waals surface area contributed by atoms with Crippen LogP contribution >= 0.6 is 15.9 Å². The maximum atomic E-state index is 15.4. The number of fused-ring (bicyclic) bond motifs is 1. The number of amides is 1. The highest BCUT2D eigenvalue weighted by Gasteiger charge is 2.47. The highest BCUT2D eigenvalue weighted by molar-refractivity contribution is 9.10. The summed E-state index contributed by atoms with van der Waals surface area (Å²) in [5.41, 5.74) is 1.92. The van der Waals surface area contributed by atoms with Gasteiger partial charge < -0.3 is 5.32 Å². The van der Waals surface area contributed by atoms with E-state index in [9.17, 15) is 4.79 Å². The predicted molar refractivity (Wildman–Crippen MR) is 85.2 cm³/mol. The molecule has 0 bridgehead atoms. The Morgan fingerprint density at radius 2 is 1.95 bits per heavy atom. The van der Waals surface area contributed by atoms with E-state index in [1.54, 1.807) is 18.2 Å². The van der Waals surface area contributed by atoms with Crippen LogP contribution in [0.3, 0.4) is 0 Å². The summed E-state index contributed by atoms with van der Waals surface area (Å²) in [7, 11) is 0. The Bertz CT molecular complexity index is 744. The first kappa shape index (κ1) is 14.3. The van der Waals surface area contributed by atoms with E-state index in [1.807, 2.05) is 32.0 Å². The molecule has 21 heavy (non-hydrogen) atoms. The van der Waals surface area contributed by atoms with Gasteiger partial charge in [0.25, 0.3) is 5.91 Å². The molecule has 1 amide bonds. The molecule has 1 atom stereocenters. The molecule has 2 nitrogen and oxygen atoms in total. The number of carbonyl (C=O) groups is 1. The summed E-state index contributed by atoms with van der Waals surface area (Å²) in [6.45, 7) is 3.94. The third-order valence-corrected chi connectivity index (χ3v) is 4.44. The smallest absolute Gasteiger partial charge is 0.267 e. The van der Waals surface area contributed by atoms with Crippen molar-refractivity contribution in [2.45, 2.75) is 25.9 Å². The van der Waals surface area contributed by atoms with Crippen LogP contribution in [-0.4, -0.2) is 5.91 Å². The van der Waals surface area contributed by atoms with Crippen molar-refractivity contribution in [3.63, 3.8) is 0 Å². The monoisotopic (exact) mass is 347 g/mol. The van der Waals surface area contributed by atoms with Gasteiger partial charge in [-0.15, -0.1) is 0 Å². The molecule has 1 N–H and O–H groups in total. The summed E-state index contributed by atoms with van der Waals surface area (Å²) in [6.07, 6.45) is 0.0500. The predicted octanol–water partition coefficient (Wildman–Crippen LogP) is 4.43. The highest BCUT2D eigenvalue weighted by atomic mass is 79.9. The molecule has 0 aliphatic carbocycles. The molecule has 0 radical (unpaired) electrons. The van der Waals surface area contributed by atoms with Crippen molar-refractivity contribution in [1.29, 1.82) is 0 Å². The maximum absolute atomic E-state index is 15.4. The van der Waals surface area contributed by atoms with Crippen LogP contribution < -0.4 is 5.32 Å². The molecule has 108 valence electrons. The fourth-order valence-corrected chi connectivity index (χ4v) is 3.14. The molecule has 2 aromatic carbocycles. The minimum atomic E-state index is -2.01. The lowest BCUT2D eigenvalue weighted by molar-refractivity contribution is -0.126. The summed E-state index contributed by atoms with van der Waals surface area (Å²) in [5.74, 6) is -0.587. The molecule has 1 unspecified atom stereocenters. The first-order valence-corrected chi connectivity index (χ1v) is 7.56. The Kier molecular flexibility index (Phi) is 3.36. The summed E-state index contributed by atoms with van der Waals surface area (Å²) < 4.78 is 16.2. The first-order valence-electron chi connectivity index (χ1n) is 6.77. The van der Waals surface area contributed by atoms with Crippen LogP contribution in [0.5, 0.6) is 0 Å². The highest BCUT2D eigenvalue weighted by Crippen LogP contribution is 2.43. The number of nitrogens with one attached hydrogen (secondary N) is 1. The van der Waals surface area contributed by atoms with Gasteiger partial charge in [-0.25, -0.2) is 4.39 Å². The van der Waals surface area contributed by atoms with Gasteiger partial charge in [-0.2, -0.15) is 0 Å². The van der Waals surface area contributed by atoms with Gasteiger partial charge in [-0.3, -0.25) is 4.79 Å². The zero-order chi connectivity index (χ0) is 15.2. The quantitative estimate of drug-likeness (QED) is 0.855. The molecule has 0 saturated heterocycles. The second kappa shape index (κ2) is 4.95. The number of benzene rings is 2. The lowest BCUT2D eigenvalue weighted by Crippen LogP contribution is -2.32. The van der Waals surface area contributed by atoms with Crippen molar-refractivity contribution in [3.05, 3.63) is 63.1 Å². The summed E-state index contributed by atoms with van der Waals surface area (Å²) in [4.78, 5) is 12.1. The van der Waals surface area contributed by atoms with E-state index in [1.165, 1.54) is 0 Å². The number of halogens is 2. The molecule has 0 aromatic heterocycles. The van der Waals surface area contributed by atoms with Gasteiger partial charge in [0.15, 0.2) is 0 Å². The van der Waals surface area contributed by atoms with E-state index in [0.29, 0.717) is 11.3 Å². The van der Waals surface area contributed by atoms with Crippen molar-refractivity contribution in [1.82, 2.24) is 0 Å². The minimum Gasteiger partial charge on any atom is -0.323 e. The Balaban J connectivity index is 2.05. The average molecular weight is 348 g/mol. The second-order valence-electron chi connectivity index (χ2n) is 5.55. The number of hydrogen-bond donors (Lipinski definition) is 1. The van der Waals surface area contributed by atoms with E-state index < -0.39 is 11.6 Å². The molecular formula is C17H15BrFNO. The molecule has 1 heterocycles. The molecular weight excluding hydrogens is 333 g/mol. The summed E-state index contributed by atoms with van der Waals surface area (Å²) in [5, 5.41) is 2.63. The van der Waals surface area contributed by atoms with Crippen molar-refractivity contribution < 1.29 is 9.18 Å². The lowest BCUT2D eigenvalue weighted by Gasteiger charge is -2.19. The molecule has 0 saturated carbocycles. The fraction of sp³-hybridized carbons (Fsp3) is 0.235. The van der Waals surface area contributed by atoms with Crippen molar-refractivity contribution in [3.8, 4) is 0 Å². The molecule has 0 fully saturated rings. The van der Waals surface area contributed by atoms with Crippen LogP contribution in [0, 0.1) is 13.8 Å². The first-order chi connectivity index (χ1) is 9.90. The fourth-order valence-electron chi connectivity index (χ4n) is 2.78. The van der Waals surface area contributed by atoms with Gasteiger partial charge in [0.2, 0.25) is 5.67 Å². The number of alkyl halides is 1. The van der Waals surface area contributed by atoms with E-state index in [0.717, 1.165) is 21.2 Å². The van der Waals surface area contributed by atoms with Gasteiger partial charge >= 0.3 is 0 Å². The minimum absolute atomic E-state index is 0.0500. The number of aryl methyl sites for hydroxylation is 2. The second-order valence-corrected chi connectivity index (χ2v) is 6.47. The Morgan fingerprint density at radius 3 is 2.67 bits per heavy atom. The van der Waals surface area contributed by atoms with Crippen molar-refractivity contribution in [2.24, 2.45) is 0 Å². The zero-order valence-electron chi connectivity index (χ0n) is 11.8. The molecule has 1 aliphatic heterocycles. The van der Waals surface area contributed by atoms with E-state index in [4.69, 9.17) is 0 Å². The van der Waals surface area contributed by atoms with E-state index in [2.05, 4.69) is 21.2 Å². The van der Waals surface area contributed by atoms with Gasteiger partial charge in [0, 0.05) is 22.1 Å². The largest absolute Gasteiger partial charge is 0.323 e. The Hall–Kier alpha value is -1.68. The standard InChI is InChI=1S/C17H15BrFNO/c1-10-3-4-12(11(2)7-10)9-17(19)14-8-13(18)5-6-15(14)20-16(17)21/h3-8H,9H2,1-2H3,(H,20,21). The van der Waals surface area contributed by atoms with Crippen molar-refractivity contribution in [2.75, 3.05) is 5.32 Å². The lowest BCUT2D eigenvalue weighted by atomic mass is 9.88. The van der Waals surface area contributed by atoms with Crippen LogP contribution in [0.2, 0.25) is 0 Å². The Morgan fingerprint density at radius 1 is 1.19 bits per heavy atom. The average Bonchev–Trinajstić information content (AvgIpc) is 2.66. The van der Waals surface area contributed by atoms with Crippen LogP contribution in [0.15, 0.2) is 40.9 Å². The number of hydrogen-bond acceptors (Lipinski definition) is 1. The van der Waals surface area contributed by atoms with E-state index in [-0.39, 0.29) is 6.42 Å². The maximum Gasteiger partial charge on any atom is 0.267 e. The SMILES string of the molecule is Cc1ccc(CC2(F)C(=O)Nc3ccc(Br)cc32)c(C)c1. The normalized spacial score (nSPS) is 20.3. The molecule has 0 spiro atoms. The number of carbonyl (C=O) groups excluding carboxylic acids is 1. The van der Waals surface area contributed by atoms with E-state index >= 15 is 4.39 Å². The van der Waals surface area contributed by atoms with Crippen LogP contribution in [0.4, 0.5) is 10.1 Å². The van der Waals surface area contributed by atoms with Crippen molar-refractivity contribution >= 4 is 27.5 Å². The topological polar surface area (TPSA) is 29.1 Å². The molecule has 2 aromatic rings. The number of anilines is 1. The molecule has 1 aliphatic rings. The summed E-state index contributed by atoms with van der Waals surface area (Å²) in [6, 6.07) is 11.0. The van der Waals surface area contributed by atoms with Gasteiger partial charge in [0.1, 0.15) is 0 Å².